The van der Waals surface area contributed by atoms with Crippen molar-refractivity contribution in [1.29, 1.82) is 5.26 Å². The Hall–Kier alpha value is -2.87. The zero-order valence-corrected chi connectivity index (χ0v) is 15.2. The summed E-state index contributed by atoms with van der Waals surface area (Å²) in [6.07, 6.45) is 2.88. The van der Waals surface area contributed by atoms with E-state index in [9.17, 15) is 15.1 Å². The third-order valence-corrected chi connectivity index (χ3v) is 5.15. The van der Waals surface area contributed by atoms with Crippen molar-refractivity contribution in [2.75, 3.05) is 25.1 Å². The van der Waals surface area contributed by atoms with Crippen molar-refractivity contribution in [2.24, 2.45) is 11.7 Å². The second-order valence-electron chi connectivity index (χ2n) is 6.91. The molecule has 144 valence electrons. The average molecular weight is 381 g/mol. The van der Waals surface area contributed by atoms with Crippen LogP contribution in [0, 0.1) is 17.2 Å². The highest BCUT2D eigenvalue weighted by Gasteiger charge is 2.30. The molecule has 0 radical (unpaired) electrons. The summed E-state index contributed by atoms with van der Waals surface area (Å²) in [7, 11) is -0.977. The predicted molar refractivity (Wildman–Crippen MR) is 101 cm³/mol. The number of carbonyl (C=O) groups excluding carboxylic acids is 1. The van der Waals surface area contributed by atoms with E-state index in [1.54, 1.807) is 16.9 Å². The van der Waals surface area contributed by atoms with Crippen molar-refractivity contribution in [3.05, 3.63) is 35.5 Å². The lowest BCUT2D eigenvalue weighted by Crippen LogP contribution is -2.41. The Morgan fingerprint density at radius 2 is 2.32 bits per heavy atom. The van der Waals surface area contributed by atoms with Crippen LogP contribution in [0.1, 0.15) is 28.4 Å². The molecule has 10 heteroatoms. The molecule has 28 heavy (non-hydrogen) atoms. The van der Waals surface area contributed by atoms with Crippen LogP contribution in [0.25, 0.3) is 0 Å². The third-order valence-electron chi connectivity index (χ3n) is 5.15. The van der Waals surface area contributed by atoms with E-state index in [0.717, 1.165) is 12.0 Å². The van der Waals surface area contributed by atoms with Crippen molar-refractivity contribution in [3.8, 4) is 6.07 Å². The summed E-state index contributed by atoms with van der Waals surface area (Å²) in [6, 6.07) is 7.52. The first kappa shape index (κ1) is 18.5. The van der Waals surface area contributed by atoms with Gasteiger partial charge in [0.1, 0.15) is 5.56 Å². The van der Waals surface area contributed by atoms with E-state index < -0.39 is 13.0 Å². The van der Waals surface area contributed by atoms with Crippen LogP contribution >= 0.6 is 0 Å². The lowest BCUT2D eigenvalue weighted by atomic mass is 9.73. The second-order valence-corrected chi connectivity index (χ2v) is 6.91. The van der Waals surface area contributed by atoms with Gasteiger partial charge in [0.05, 0.1) is 24.6 Å². The van der Waals surface area contributed by atoms with Crippen LogP contribution in [-0.4, -0.2) is 47.7 Å². The monoisotopic (exact) mass is 381 g/mol. The Kier molecular flexibility index (Phi) is 5.04. The fraction of sp³-hybridized carbons (Fsp3) is 0.389. The van der Waals surface area contributed by atoms with Gasteiger partial charge in [0.2, 0.25) is 0 Å². The molecule has 1 aromatic heterocycles. The third kappa shape index (κ3) is 3.47. The Bertz CT molecular complexity index is 941. The first-order valence-electron chi connectivity index (χ1n) is 9.12. The number of amides is 1. The number of aromatic nitrogens is 2. The van der Waals surface area contributed by atoms with E-state index in [2.05, 4.69) is 16.5 Å². The fourth-order valence-electron chi connectivity index (χ4n) is 3.61. The minimum atomic E-state index is -0.977. The van der Waals surface area contributed by atoms with Crippen LogP contribution in [0.4, 0.5) is 11.5 Å². The molecule has 1 saturated heterocycles. The number of nitrogens with zero attached hydrogens (tertiary/aromatic N) is 3. The maximum Gasteiger partial charge on any atom is 0.491 e. The van der Waals surface area contributed by atoms with Gasteiger partial charge in [-0.05, 0) is 36.0 Å². The summed E-state index contributed by atoms with van der Waals surface area (Å²) in [5.41, 5.74) is 8.08. The molecule has 0 unspecified atom stereocenters. The summed E-state index contributed by atoms with van der Waals surface area (Å²) in [5.74, 6) is -0.584. The number of nitrogens with one attached hydrogen (secondary N) is 1. The molecule has 2 atom stereocenters. The predicted octanol–water partition coefficient (Wildman–Crippen LogP) is 0.0870. The van der Waals surface area contributed by atoms with Gasteiger partial charge < -0.3 is 25.5 Å². The molecule has 1 fully saturated rings. The van der Waals surface area contributed by atoms with Gasteiger partial charge in [-0.2, -0.15) is 10.4 Å². The zero-order chi connectivity index (χ0) is 19.7. The zero-order valence-electron chi connectivity index (χ0n) is 15.2. The van der Waals surface area contributed by atoms with Gasteiger partial charge in [-0.15, -0.1) is 0 Å². The van der Waals surface area contributed by atoms with Crippen LogP contribution in [0.3, 0.4) is 0 Å². The van der Waals surface area contributed by atoms with E-state index >= 15 is 0 Å². The molecule has 2 aromatic rings. The Morgan fingerprint density at radius 1 is 1.46 bits per heavy atom. The standard InChI is InChI=1S/C18H20BN5O4/c20-8-12-3-5-27-10-16(12)24-9-14(17(21)25)18(23-24)22-13-2-1-11-4-6-28-19(26)15(11)7-13/h1-2,7,9,12,16,26H,3-6,10H2,(H2,21,25)(H,22,23)/t12-,16+/m1/s1. The highest BCUT2D eigenvalue weighted by molar-refractivity contribution is 6.61. The van der Waals surface area contributed by atoms with Crippen LogP contribution in [0.15, 0.2) is 24.4 Å². The minimum Gasteiger partial charge on any atom is -0.423 e. The van der Waals surface area contributed by atoms with Gasteiger partial charge in [0, 0.05) is 25.1 Å². The van der Waals surface area contributed by atoms with Gasteiger partial charge in [-0.25, -0.2) is 0 Å². The number of nitriles is 1. The van der Waals surface area contributed by atoms with E-state index in [1.807, 2.05) is 12.1 Å². The smallest absolute Gasteiger partial charge is 0.423 e. The number of hydrogen-bond donors (Lipinski definition) is 3. The quantitative estimate of drug-likeness (QED) is 0.639. The van der Waals surface area contributed by atoms with Crippen molar-refractivity contribution in [3.63, 3.8) is 0 Å². The number of anilines is 2. The summed E-state index contributed by atoms with van der Waals surface area (Å²) < 4.78 is 12.3. The lowest BCUT2D eigenvalue weighted by Gasteiger charge is -2.26. The summed E-state index contributed by atoms with van der Waals surface area (Å²) in [6.45, 7) is 1.35. The maximum atomic E-state index is 11.9. The van der Waals surface area contributed by atoms with Crippen LogP contribution in [0.2, 0.25) is 0 Å². The van der Waals surface area contributed by atoms with E-state index in [1.165, 1.54) is 0 Å². The number of benzene rings is 1. The minimum absolute atomic E-state index is 0.219. The van der Waals surface area contributed by atoms with Crippen LogP contribution in [0.5, 0.6) is 0 Å². The van der Waals surface area contributed by atoms with Crippen LogP contribution < -0.4 is 16.5 Å². The fourth-order valence-corrected chi connectivity index (χ4v) is 3.61. The molecule has 0 bridgehead atoms. The van der Waals surface area contributed by atoms with Crippen molar-refractivity contribution in [2.45, 2.75) is 18.9 Å². The second kappa shape index (κ2) is 7.63. The number of ether oxygens (including phenoxy) is 1. The summed E-state index contributed by atoms with van der Waals surface area (Å²) in [4.78, 5) is 11.9. The number of hydrogen-bond acceptors (Lipinski definition) is 7. The SMILES string of the molecule is N#C[C@H]1CCOC[C@@H]1n1cc(C(N)=O)c(Nc2ccc3c(c2)B(O)OCC3)n1. The first-order valence-corrected chi connectivity index (χ1v) is 9.12. The number of primary amides is 1. The number of carbonyl (C=O) groups is 1. The van der Waals surface area contributed by atoms with Crippen molar-refractivity contribution >= 4 is 30.0 Å². The Labute approximate surface area is 162 Å². The molecule has 3 heterocycles. The lowest BCUT2D eigenvalue weighted by molar-refractivity contribution is 0.0342. The van der Waals surface area contributed by atoms with E-state index in [0.29, 0.717) is 43.2 Å². The van der Waals surface area contributed by atoms with Gasteiger partial charge in [0.25, 0.3) is 5.91 Å². The van der Waals surface area contributed by atoms with E-state index in [4.69, 9.17) is 15.1 Å². The highest BCUT2D eigenvalue weighted by Crippen LogP contribution is 2.28. The first-order chi connectivity index (χ1) is 13.6. The molecule has 0 aliphatic carbocycles. The summed E-state index contributed by atoms with van der Waals surface area (Å²) in [5, 5.41) is 27.0. The van der Waals surface area contributed by atoms with Gasteiger partial charge in [0.15, 0.2) is 5.82 Å². The van der Waals surface area contributed by atoms with E-state index in [-0.39, 0.29) is 17.5 Å². The molecule has 2 aliphatic heterocycles. The molecule has 4 rings (SSSR count). The molecular formula is C18H20BN5O4. The number of fused-ring (bicyclic) bond motifs is 1. The Morgan fingerprint density at radius 3 is 3.11 bits per heavy atom. The summed E-state index contributed by atoms with van der Waals surface area (Å²) >= 11 is 0. The molecule has 0 saturated carbocycles. The average Bonchev–Trinajstić information content (AvgIpc) is 3.12. The molecule has 4 N–H and O–H groups in total. The van der Waals surface area contributed by atoms with Crippen molar-refractivity contribution < 1.29 is 19.2 Å². The molecule has 2 aliphatic rings. The topological polar surface area (TPSA) is 135 Å². The van der Waals surface area contributed by atoms with Crippen molar-refractivity contribution in [1.82, 2.24) is 9.78 Å². The molecule has 1 aromatic carbocycles. The maximum absolute atomic E-state index is 11.9. The van der Waals surface area contributed by atoms with Gasteiger partial charge >= 0.3 is 7.12 Å². The number of nitrogens with two attached hydrogens (primary N) is 1. The molecule has 0 spiro atoms. The highest BCUT2D eigenvalue weighted by atomic mass is 16.5. The van der Waals surface area contributed by atoms with Crippen LogP contribution in [-0.2, 0) is 15.8 Å². The Balaban J connectivity index is 1.64. The molecule has 9 nitrogen and oxygen atoms in total. The normalized spacial score (nSPS) is 21.6. The van der Waals surface area contributed by atoms with Gasteiger partial charge in [-0.1, -0.05) is 6.07 Å². The largest absolute Gasteiger partial charge is 0.491 e. The number of rotatable bonds is 4. The van der Waals surface area contributed by atoms with Gasteiger partial charge in [-0.3, -0.25) is 9.48 Å². The molecular weight excluding hydrogens is 361 g/mol. The molecule has 1 amide bonds.